The van der Waals surface area contributed by atoms with Crippen LogP contribution in [0.25, 0.3) is 10.6 Å². The molecule has 0 saturated carbocycles. The molecular weight excluding hydrogens is 166 g/mol. The summed E-state index contributed by atoms with van der Waals surface area (Å²) in [7, 11) is 0. The Bertz CT molecular complexity index is 364. The van der Waals surface area contributed by atoms with E-state index in [0.29, 0.717) is 0 Å². The van der Waals surface area contributed by atoms with E-state index < -0.39 is 0 Å². The average molecular weight is 175 g/mol. The predicted octanol–water partition coefficient (Wildman–Crippen LogP) is 3.12. The Balaban J connectivity index is 2.45. The van der Waals surface area contributed by atoms with E-state index in [1.165, 1.54) is 10.4 Å². The monoisotopic (exact) mass is 175 g/mol. The van der Waals surface area contributed by atoms with Gasteiger partial charge in [-0.05, 0) is 36.1 Å². The van der Waals surface area contributed by atoms with Gasteiger partial charge < -0.3 is 0 Å². The van der Waals surface area contributed by atoms with Gasteiger partial charge in [-0.3, -0.25) is 4.98 Å². The third-order valence-electron chi connectivity index (χ3n) is 1.65. The van der Waals surface area contributed by atoms with Crippen LogP contribution in [0.5, 0.6) is 0 Å². The first kappa shape index (κ1) is 7.50. The van der Waals surface area contributed by atoms with Gasteiger partial charge in [-0.25, -0.2) is 0 Å². The van der Waals surface area contributed by atoms with Gasteiger partial charge in [0.1, 0.15) is 0 Å². The molecule has 0 amide bonds. The number of pyridine rings is 1. The fourth-order valence-electron chi connectivity index (χ4n) is 1.07. The van der Waals surface area contributed by atoms with Crippen LogP contribution in [-0.2, 0) is 0 Å². The lowest BCUT2D eigenvalue weighted by atomic mass is 10.3. The zero-order chi connectivity index (χ0) is 8.39. The topological polar surface area (TPSA) is 12.9 Å². The van der Waals surface area contributed by atoms with Gasteiger partial charge in [-0.2, -0.15) is 0 Å². The highest BCUT2D eigenvalue weighted by atomic mass is 32.1. The van der Waals surface area contributed by atoms with Crippen LogP contribution in [0.3, 0.4) is 0 Å². The minimum atomic E-state index is 1.07. The molecule has 60 valence electrons. The van der Waals surface area contributed by atoms with Crippen molar-refractivity contribution in [1.82, 2.24) is 4.98 Å². The van der Waals surface area contributed by atoms with Crippen LogP contribution in [-0.4, -0.2) is 4.98 Å². The Morgan fingerprint density at radius 1 is 1.33 bits per heavy atom. The molecule has 2 heteroatoms. The highest BCUT2D eigenvalue weighted by molar-refractivity contribution is 7.13. The molecule has 2 aromatic rings. The summed E-state index contributed by atoms with van der Waals surface area (Å²) in [6.45, 7) is 2.10. The minimum Gasteiger partial charge on any atom is -0.255 e. The van der Waals surface area contributed by atoms with Crippen molar-refractivity contribution >= 4 is 11.3 Å². The van der Waals surface area contributed by atoms with Gasteiger partial charge in [0.25, 0.3) is 0 Å². The summed E-state index contributed by atoms with van der Waals surface area (Å²) in [5.74, 6) is 0. The number of hydrogen-bond acceptors (Lipinski definition) is 2. The molecule has 0 aliphatic heterocycles. The molecule has 0 aromatic carbocycles. The molecule has 0 aliphatic carbocycles. The molecule has 1 nitrogen and oxygen atoms in total. The van der Waals surface area contributed by atoms with Gasteiger partial charge in [-0.15, -0.1) is 11.3 Å². The molecule has 0 fully saturated rings. The second-order valence-electron chi connectivity index (χ2n) is 2.70. The van der Waals surface area contributed by atoms with Crippen LogP contribution in [0, 0.1) is 6.92 Å². The van der Waals surface area contributed by atoms with Crippen LogP contribution in [0.1, 0.15) is 5.56 Å². The summed E-state index contributed by atoms with van der Waals surface area (Å²) in [6, 6.07) is 8.14. The second-order valence-corrected chi connectivity index (χ2v) is 3.61. The minimum absolute atomic E-state index is 1.07. The molecule has 0 atom stereocenters. The van der Waals surface area contributed by atoms with Gasteiger partial charge >= 0.3 is 0 Å². The quantitative estimate of drug-likeness (QED) is 0.649. The first-order chi connectivity index (χ1) is 5.86. The largest absolute Gasteiger partial charge is 0.255 e. The van der Waals surface area contributed by atoms with E-state index in [2.05, 4.69) is 23.4 Å². The molecule has 0 spiro atoms. The summed E-state index contributed by atoms with van der Waals surface area (Å²) in [4.78, 5) is 5.52. The molecule has 0 bridgehead atoms. The zero-order valence-electron chi connectivity index (χ0n) is 6.82. The Morgan fingerprint density at radius 3 is 2.83 bits per heavy atom. The Hall–Kier alpha value is -1.15. The SMILES string of the molecule is Cc1csc(-c2ccccn2)c1. The maximum Gasteiger partial charge on any atom is 0.0801 e. The van der Waals surface area contributed by atoms with E-state index in [1.807, 2.05) is 24.4 Å². The van der Waals surface area contributed by atoms with Crippen molar-refractivity contribution in [3.05, 3.63) is 41.4 Å². The standard InChI is InChI=1S/C10H9NS/c1-8-6-10(12-7-8)9-4-2-3-5-11-9/h2-7H,1H3. The van der Waals surface area contributed by atoms with Crippen LogP contribution in [0.2, 0.25) is 0 Å². The molecule has 2 rings (SSSR count). The van der Waals surface area contributed by atoms with Crippen LogP contribution >= 0.6 is 11.3 Å². The highest BCUT2D eigenvalue weighted by Gasteiger charge is 1.99. The number of aromatic nitrogens is 1. The van der Waals surface area contributed by atoms with Crippen molar-refractivity contribution < 1.29 is 0 Å². The lowest BCUT2D eigenvalue weighted by molar-refractivity contribution is 1.34. The number of nitrogens with zero attached hydrogens (tertiary/aromatic N) is 1. The molecule has 0 unspecified atom stereocenters. The van der Waals surface area contributed by atoms with E-state index >= 15 is 0 Å². The molecule has 12 heavy (non-hydrogen) atoms. The first-order valence-corrected chi connectivity index (χ1v) is 4.71. The van der Waals surface area contributed by atoms with Crippen LogP contribution in [0.4, 0.5) is 0 Å². The Morgan fingerprint density at radius 2 is 2.25 bits per heavy atom. The number of rotatable bonds is 1. The van der Waals surface area contributed by atoms with E-state index in [-0.39, 0.29) is 0 Å². The summed E-state index contributed by atoms with van der Waals surface area (Å²) in [6.07, 6.45) is 1.82. The van der Waals surface area contributed by atoms with Gasteiger partial charge in [0.15, 0.2) is 0 Å². The first-order valence-electron chi connectivity index (χ1n) is 3.83. The third kappa shape index (κ3) is 1.38. The van der Waals surface area contributed by atoms with Gasteiger partial charge in [0.05, 0.1) is 10.6 Å². The normalized spacial score (nSPS) is 10.1. The van der Waals surface area contributed by atoms with Crippen molar-refractivity contribution in [2.24, 2.45) is 0 Å². The van der Waals surface area contributed by atoms with E-state index in [4.69, 9.17) is 0 Å². The Labute approximate surface area is 75.7 Å². The van der Waals surface area contributed by atoms with Crippen molar-refractivity contribution in [3.8, 4) is 10.6 Å². The average Bonchev–Trinajstić information content (AvgIpc) is 2.54. The van der Waals surface area contributed by atoms with Gasteiger partial charge in [0, 0.05) is 6.20 Å². The molecule has 2 heterocycles. The molecule has 2 aromatic heterocycles. The summed E-state index contributed by atoms with van der Waals surface area (Å²) in [5.41, 5.74) is 2.37. The number of aryl methyl sites for hydroxylation is 1. The third-order valence-corrected chi connectivity index (χ3v) is 2.72. The fraction of sp³-hybridized carbons (Fsp3) is 0.100. The van der Waals surface area contributed by atoms with E-state index in [9.17, 15) is 0 Å². The van der Waals surface area contributed by atoms with Gasteiger partial charge in [-0.1, -0.05) is 6.07 Å². The molecule has 0 saturated heterocycles. The Kier molecular flexibility index (Phi) is 1.92. The second kappa shape index (κ2) is 3.07. The zero-order valence-corrected chi connectivity index (χ0v) is 7.64. The lowest BCUT2D eigenvalue weighted by Gasteiger charge is -1.92. The van der Waals surface area contributed by atoms with Crippen molar-refractivity contribution in [2.45, 2.75) is 6.92 Å². The van der Waals surface area contributed by atoms with Gasteiger partial charge in [0.2, 0.25) is 0 Å². The molecule has 0 N–H and O–H groups in total. The number of hydrogen-bond donors (Lipinski definition) is 0. The van der Waals surface area contributed by atoms with E-state index in [0.717, 1.165) is 5.69 Å². The summed E-state index contributed by atoms with van der Waals surface area (Å²) < 4.78 is 0. The lowest BCUT2D eigenvalue weighted by Crippen LogP contribution is -1.75. The van der Waals surface area contributed by atoms with Crippen LogP contribution < -0.4 is 0 Å². The summed E-state index contributed by atoms with van der Waals surface area (Å²) in [5, 5.41) is 2.14. The maximum atomic E-state index is 4.27. The van der Waals surface area contributed by atoms with Crippen molar-refractivity contribution in [2.75, 3.05) is 0 Å². The highest BCUT2D eigenvalue weighted by Crippen LogP contribution is 2.24. The maximum absolute atomic E-state index is 4.27. The predicted molar refractivity (Wildman–Crippen MR) is 52.3 cm³/mol. The van der Waals surface area contributed by atoms with Crippen LogP contribution in [0.15, 0.2) is 35.8 Å². The summed E-state index contributed by atoms with van der Waals surface area (Å²) >= 11 is 1.74. The van der Waals surface area contributed by atoms with Crippen molar-refractivity contribution in [3.63, 3.8) is 0 Å². The van der Waals surface area contributed by atoms with Crippen molar-refractivity contribution in [1.29, 1.82) is 0 Å². The molecule has 0 aliphatic rings. The van der Waals surface area contributed by atoms with E-state index in [1.54, 1.807) is 11.3 Å². The molecule has 0 radical (unpaired) electrons. The number of thiophene rings is 1. The smallest absolute Gasteiger partial charge is 0.0801 e. The fourth-order valence-corrected chi connectivity index (χ4v) is 1.95. The molecular formula is C10H9NS.